The number of nitrogens with one attached hydrogen (secondary N) is 1. The molecule has 9 heteroatoms. The molecule has 1 saturated heterocycles. The van der Waals surface area contributed by atoms with Crippen molar-refractivity contribution in [3.05, 3.63) is 73.9 Å². The Balaban J connectivity index is 1.31. The average Bonchev–Trinajstić information content (AvgIpc) is 3.59. The maximum Gasteiger partial charge on any atom is 0.255 e. The van der Waals surface area contributed by atoms with Crippen LogP contribution in [0.4, 0.5) is 0 Å². The van der Waals surface area contributed by atoms with Gasteiger partial charge in [0.15, 0.2) is 12.2 Å². The summed E-state index contributed by atoms with van der Waals surface area (Å²) in [6, 6.07) is 11.5. The van der Waals surface area contributed by atoms with Crippen LogP contribution in [0.3, 0.4) is 0 Å². The Hall–Kier alpha value is -2.59. The van der Waals surface area contributed by atoms with Crippen molar-refractivity contribution in [3.8, 4) is 0 Å². The van der Waals surface area contributed by atoms with E-state index in [9.17, 15) is 19.8 Å². The van der Waals surface area contributed by atoms with Crippen LogP contribution in [0.5, 0.6) is 0 Å². The number of aryl methyl sites for hydroxylation is 1. The van der Waals surface area contributed by atoms with Gasteiger partial charge < -0.3 is 20.4 Å². The molecule has 3 heterocycles. The number of likely N-dealkylation sites (tertiary alicyclic amines) is 1. The van der Waals surface area contributed by atoms with Crippen molar-refractivity contribution in [2.45, 2.75) is 51.0 Å². The lowest BCUT2D eigenvalue weighted by molar-refractivity contribution is -0.153. The molecule has 33 heavy (non-hydrogen) atoms. The molecule has 1 unspecified atom stereocenters. The number of hydrogen-bond donors (Lipinski definition) is 3. The van der Waals surface area contributed by atoms with Gasteiger partial charge in [0.2, 0.25) is 0 Å². The van der Waals surface area contributed by atoms with Gasteiger partial charge in [0.25, 0.3) is 11.8 Å². The second-order valence-electron chi connectivity index (χ2n) is 8.13. The van der Waals surface area contributed by atoms with Crippen LogP contribution >= 0.6 is 22.7 Å². The van der Waals surface area contributed by atoms with Gasteiger partial charge in [0.05, 0.1) is 12.6 Å². The minimum atomic E-state index is -1.84. The molecule has 174 valence electrons. The van der Waals surface area contributed by atoms with E-state index in [0.717, 1.165) is 29.7 Å². The molecule has 3 atom stereocenters. The molecule has 2 amide bonds. The van der Waals surface area contributed by atoms with E-state index in [1.54, 1.807) is 22.4 Å². The molecule has 1 aliphatic heterocycles. The lowest BCUT2D eigenvalue weighted by Crippen LogP contribution is -2.50. The molecule has 7 nitrogen and oxygen atoms in total. The van der Waals surface area contributed by atoms with Gasteiger partial charge in [-0.15, -0.1) is 22.7 Å². The molecule has 3 N–H and O–H groups in total. The highest BCUT2D eigenvalue weighted by molar-refractivity contribution is 7.12. The topological polar surface area (TPSA) is 103 Å². The number of carbonyl (C=O) groups excluding carboxylic acids is 2. The highest BCUT2D eigenvalue weighted by Crippen LogP contribution is 2.32. The highest BCUT2D eigenvalue weighted by atomic mass is 32.1. The summed E-state index contributed by atoms with van der Waals surface area (Å²) in [7, 11) is 0. The quantitative estimate of drug-likeness (QED) is 0.455. The third kappa shape index (κ3) is 5.50. The zero-order valence-electron chi connectivity index (χ0n) is 18.3. The first-order valence-electron chi connectivity index (χ1n) is 10.9. The van der Waals surface area contributed by atoms with E-state index in [1.807, 2.05) is 30.3 Å². The number of benzene rings is 1. The summed E-state index contributed by atoms with van der Waals surface area (Å²) >= 11 is 3.19. The van der Waals surface area contributed by atoms with Crippen LogP contribution < -0.4 is 5.32 Å². The molecule has 3 aromatic rings. The molecule has 0 bridgehead atoms. The van der Waals surface area contributed by atoms with Gasteiger partial charge in [-0.05, 0) is 42.3 Å². The number of carbonyl (C=O) groups is 2. The zero-order chi connectivity index (χ0) is 23.4. The minimum Gasteiger partial charge on any atom is -0.380 e. The van der Waals surface area contributed by atoms with Crippen molar-refractivity contribution in [1.82, 2.24) is 15.2 Å². The minimum absolute atomic E-state index is 0.126. The predicted octanol–water partition coefficient (Wildman–Crippen LogP) is 2.81. The average molecular weight is 486 g/mol. The van der Waals surface area contributed by atoms with Crippen molar-refractivity contribution in [2.24, 2.45) is 0 Å². The van der Waals surface area contributed by atoms with Gasteiger partial charge >= 0.3 is 0 Å². The molecule has 2 aromatic heterocycles. The van der Waals surface area contributed by atoms with Crippen molar-refractivity contribution < 1.29 is 19.8 Å². The normalized spacial score (nSPS) is 17.7. The maximum atomic E-state index is 12.9. The number of aliphatic hydroxyl groups is 2. The van der Waals surface area contributed by atoms with E-state index in [2.05, 4.69) is 28.7 Å². The number of nitrogens with zero attached hydrogens (tertiary/aromatic N) is 2. The third-order valence-electron chi connectivity index (χ3n) is 5.86. The maximum absolute atomic E-state index is 12.9. The van der Waals surface area contributed by atoms with Crippen LogP contribution in [0, 0.1) is 6.92 Å². The number of aliphatic hydroxyl groups excluding tert-OH is 2. The Bertz CT molecular complexity index is 1100. The van der Waals surface area contributed by atoms with Crippen LogP contribution in [0.15, 0.2) is 48.0 Å². The zero-order valence-corrected chi connectivity index (χ0v) is 19.9. The van der Waals surface area contributed by atoms with E-state index in [-0.39, 0.29) is 12.6 Å². The molecule has 0 spiro atoms. The van der Waals surface area contributed by atoms with E-state index in [1.165, 1.54) is 21.8 Å². The van der Waals surface area contributed by atoms with Gasteiger partial charge in [-0.3, -0.25) is 9.59 Å². The molecule has 0 radical (unpaired) electrons. The van der Waals surface area contributed by atoms with Crippen LogP contribution in [-0.4, -0.2) is 50.7 Å². The summed E-state index contributed by atoms with van der Waals surface area (Å²) in [5, 5.41) is 26.1. The number of aromatic nitrogens is 1. The van der Waals surface area contributed by atoms with Crippen molar-refractivity contribution >= 4 is 34.5 Å². The van der Waals surface area contributed by atoms with Gasteiger partial charge in [-0.25, -0.2) is 4.98 Å². The van der Waals surface area contributed by atoms with Crippen LogP contribution in [0.1, 0.15) is 44.8 Å². The van der Waals surface area contributed by atoms with E-state index in [0.29, 0.717) is 11.6 Å². The number of thiazole rings is 1. The lowest BCUT2D eigenvalue weighted by Gasteiger charge is -2.28. The second-order valence-corrected chi connectivity index (χ2v) is 10.3. The number of hydrogen-bond acceptors (Lipinski definition) is 7. The molecule has 0 aliphatic carbocycles. The smallest absolute Gasteiger partial charge is 0.255 e. The van der Waals surface area contributed by atoms with Gasteiger partial charge in [0, 0.05) is 28.9 Å². The summed E-state index contributed by atoms with van der Waals surface area (Å²) in [6.07, 6.45) is 0.506. The van der Waals surface area contributed by atoms with Crippen LogP contribution in [0.25, 0.3) is 0 Å². The molecule has 1 aliphatic rings. The number of amides is 2. The van der Waals surface area contributed by atoms with Gasteiger partial charge in [-0.2, -0.15) is 0 Å². The molecule has 0 saturated carbocycles. The fourth-order valence-electron chi connectivity index (χ4n) is 4.02. The lowest BCUT2D eigenvalue weighted by atomic mass is 10.0. The Labute approximate surface area is 200 Å². The summed E-state index contributed by atoms with van der Waals surface area (Å²) in [5.74, 6) is -1.43. The third-order valence-corrected chi connectivity index (χ3v) is 7.88. The fraction of sp³-hybridized carbons (Fsp3) is 0.375. The first-order valence-corrected chi connectivity index (χ1v) is 12.6. The van der Waals surface area contributed by atoms with Crippen molar-refractivity contribution in [2.75, 3.05) is 6.54 Å². The largest absolute Gasteiger partial charge is 0.380 e. The predicted molar refractivity (Wildman–Crippen MR) is 128 cm³/mol. The van der Waals surface area contributed by atoms with Crippen LogP contribution in [-0.2, 0) is 22.6 Å². The van der Waals surface area contributed by atoms with Crippen molar-refractivity contribution in [1.29, 1.82) is 0 Å². The van der Waals surface area contributed by atoms with Gasteiger partial charge in [0.1, 0.15) is 5.01 Å². The second kappa shape index (κ2) is 10.6. The van der Waals surface area contributed by atoms with E-state index >= 15 is 0 Å². The molecule has 4 rings (SSSR count). The summed E-state index contributed by atoms with van der Waals surface area (Å²) in [5.41, 5.74) is 2.23. The molecular weight excluding hydrogens is 458 g/mol. The van der Waals surface area contributed by atoms with E-state index in [4.69, 9.17) is 0 Å². The number of thiophene rings is 1. The van der Waals surface area contributed by atoms with E-state index < -0.39 is 24.0 Å². The number of rotatable bonds is 8. The Morgan fingerprint density at radius 1 is 1.21 bits per heavy atom. The standard InChI is InChI=1S/C24H27N3O4S2/c1-15-9-11-32-19(15)12-17-13-25-20(33-17)14-26-23(30)21(28)22(29)24(31)27-10-5-8-18(27)16-6-3-2-4-7-16/h2-4,6-7,9,11,13,18,21-22,28-29H,5,8,10,12,14H2,1H3,(H,26,30)/t18?,21-,22-/m1/s1. The summed E-state index contributed by atoms with van der Waals surface area (Å²) in [4.78, 5) is 33.5. The van der Waals surface area contributed by atoms with Crippen LogP contribution in [0.2, 0.25) is 0 Å². The van der Waals surface area contributed by atoms with Crippen molar-refractivity contribution in [3.63, 3.8) is 0 Å². The van der Waals surface area contributed by atoms with Gasteiger partial charge in [-0.1, -0.05) is 30.3 Å². The summed E-state index contributed by atoms with van der Waals surface area (Å²) in [6.45, 7) is 2.68. The Kier molecular flexibility index (Phi) is 7.54. The molecular formula is C24H27N3O4S2. The monoisotopic (exact) mass is 485 g/mol. The first kappa shape index (κ1) is 23.6. The summed E-state index contributed by atoms with van der Waals surface area (Å²) < 4.78 is 0. The fourth-order valence-corrected chi connectivity index (χ4v) is 5.92. The first-order chi connectivity index (χ1) is 15.9. The SMILES string of the molecule is Cc1ccsc1Cc1cnc(CNC(=O)[C@H](O)[C@@H](O)C(=O)N2CCCC2c2ccccc2)s1. The molecule has 1 fully saturated rings. The molecule has 1 aromatic carbocycles. The Morgan fingerprint density at radius 2 is 2.00 bits per heavy atom. The Morgan fingerprint density at radius 3 is 2.73 bits per heavy atom. The highest BCUT2D eigenvalue weighted by Gasteiger charge is 2.38.